The van der Waals surface area contributed by atoms with Crippen molar-refractivity contribution in [2.24, 2.45) is 11.3 Å². The molecule has 6 heteroatoms. The summed E-state index contributed by atoms with van der Waals surface area (Å²) in [6.45, 7) is 5.54. The molecule has 0 saturated carbocycles. The molecule has 0 radical (unpaired) electrons. The average Bonchev–Trinajstić information content (AvgIpc) is 3.21. The lowest BCUT2D eigenvalue weighted by Gasteiger charge is -2.41. The van der Waals surface area contributed by atoms with Crippen LogP contribution in [-0.4, -0.2) is 60.9 Å². The van der Waals surface area contributed by atoms with Gasteiger partial charge in [-0.1, -0.05) is 30.3 Å². The third-order valence-corrected chi connectivity index (χ3v) is 7.14. The molecule has 3 fully saturated rings. The zero-order chi connectivity index (χ0) is 19.4. The normalized spacial score (nSPS) is 21.8. The predicted octanol–water partition coefficient (Wildman–Crippen LogP) is 2.88. The minimum absolute atomic E-state index is 0. The minimum atomic E-state index is 0. The summed E-state index contributed by atoms with van der Waals surface area (Å²) in [6, 6.07) is 10.2. The number of rotatable bonds is 4. The van der Waals surface area contributed by atoms with Crippen LogP contribution in [-0.2, 0) is 16.0 Å². The lowest BCUT2D eigenvalue weighted by molar-refractivity contribution is -0.142. The van der Waals surface area contributed by atoms with Gasteiger partial charge in [0.2, 0.25) is 11.8 Å². The van der Waals surface area contributed by atoms with Crippen molar-refractivity contribution in [3.63, 3.8) is 0 Å². The van der Waals surface area contributed by atoms with Crippen LogP contribution in [0.4, 0.5) is 0 Å². The molecule has 4 rings (SSSR count). The topological polar surface area (TPSA) is 52.7 Å². The van der Waals surface area contributed by atoms with Crippen molar-refractivity contribution >= 4 is 24.2 Å². The van der Waals surface area contributed by atoms with E-state index in [1.54, 1.807) is 0 Å². The Morgan fingerprint density at radius 2 is 1.66 bits per heavy atom. The summed E-state index contributed by atoms with van der Waals surface area (Å²) in [5, 5.41) is 3.49. The maximum Gasteiger partial charge on any atom is 0.225 e. The molecule has 1 N–H and O–H groups in total. The zero-order valence-corrected chi connectivity index (χ0v) is 18.1. The first kappa shape index (κ1) is 22.1. The highest BCUT2D eigenvalue weighted by Crippen LogP contribution is 2.37. The van der Waals surface area contributed by atoms with E-state index < -0.39 is 0 Å². The van der Waals surface area contributed by atoms with Gasteiger partial charge in [0.25, 0.3) is 0 Å². The smallest absolute Gasteiger partial charge is 0.225 e. The molecule has 29 heavy (non-hydrogen) atoms. The van der Waals surface area contributed by atoms with Crippen molar-refractivity contribution < 1.29 is 9.59 Å². The first-order chi connectivity index (χ1) is 13.7. The molecule has 1 spiro atoms. The molecule has 3 aliphatic heterocycles. The molecular weight excluding hydrogens is 386 g/mol. The monoisotopic (exact) mass is 419 g/mol. The number of carbonyl (C=O) groups excluding carboxylic acids is 2. The lowest BCUT2D eigenvalue weighted by Crippen LogP contribution is -2.48. The molecule has 1 aromatic rings. The highest BCUT2D eigenvalue weighted by atomic mass is 35.5. The highest BCUT2D eigenvalue weighted by molar-refractivity contribution is 5.85. The van der Waals surface area contributed by atoms with Crippen LogP contribution in [0.3, 0.4) is 0 Å². The van der Waals surface area contributed by atoms with Crippen molar-refractivity contribution in [3.8, 4) is 0 Å². The van der Waals surface area contributed by atoms with Crippen LogP contribution in [0, 0.1) is 11.3 Å². The Hall–Kier alpha value is -1.59. The number of aryl methyl sites for hydroxylation is 1. The molecule has 3 heterocycles. The summed E-state index contributed by atoms with van der Waals surface area (Å²) < 4.78 is 0. The molecule has 5 nitrogen and oxygen atoms in total. The van der Waals surface area contributed by atoms with Gasteiger partial charge in [-0.3, -0.25) is 9.59 Å². The molecule has 0 aliphatic carbocycles. The second-order valence-corrected chi connectivity index (χ2v) is 8.89. The fraction of sp³-hybridized carbons (Fsp3) is 0.652. The summed E-state index contributed by atoms with van der Waals surface area (Å²) >= 11 is 0. The number of nitrogens with one attached hydrogen (secondary N) is 1. The second-order valence-electron chi connectivity index (χ2n) is 8.89. The molecule has 160 valence electrons. The van der Waals surface area contributed by atoms with Crippen LogP contribution in [0.1, 0.15) is 44.1 Å². The van der Waals surface area contributed by atoms with E-state index in [4.69, 9.17) is 0 Å². The van der Waals surface area contributed by atoms with Gasteiger partial charge in [0, 0.05) is 45.1 Å². The molecule has 0 bridgehead atoms. The maximum atomic E-state index is 13.0. The van der Waals surface area contributed by atoms with Gasteiger partial charge in [0.1, 0.15) is 0 Å². The van der Waals surface area contributed by atoms with Gasteiger partial charge in [-0.15, -0.1) is 12.4 Å². The average molecular weight is 420 g/mol. The summed E-state index contributed by atoms with van der Waals surface area (Å²) in [7, 11) is 0. The van der Waals surface area contributed by atoms with E-state index in [0.717, 1.165) is 71.4 Å². The molecule has 3 saturated heterocycles. The summed E-state index contributed by atoms with van der Waals surface area (Å²) in [5.74, 6) is 0.662. The summed E-state index contributed by atoms with van der Waals surface area (Å²) in [4.78, 5) is 29.5. The van der Waals surface area contributed by atoms with E-state index in [1.165, 1.54) is 12.0 Å². The van der Waals surface area contributed by atoms with Gasteiger partial charge in [0.15, 0.2) is 0 Å². The van der Waals surface area contributed by atoms with Crippen LogP contribution in [0.15, 0.2) is 30.3 Å². The fourth-order valence-corrected chi connectivity index (χ4v) is 5.11. The first-order valence-corrected chi connectivity index (χ1v) is 11.0. The molecule has 3 aliphatic rings. The highest BCUT2D eigenvalue weighted by Gasteiger charge is 2.39. The molecule has 0 unspecified atom stereocenters. The van der Waals surface area contributed by atoms with Gasteiger partial charge in [-0.05, 0) is 56.0 Å². The molecule has 0 aromatic heterocycles. The fourth-order valence-electron chi connectivity index (χ4n) is 5.11. The summed E-state index contributed by atoms with van der Waals surface area (Å²) in [6.07, 6.45) is 6.54. The predicted molar refractivity (Wildman–Crippen MR) is 117 cm³/mol. The van der Waals surface area contributed by atoms with Crippen molar-refractivity contribution in [2.75, 3.05) is 39.3 Å². The first-order valence-electron chi connectivity index (χ1n) is 11.0. The standard InChI is InChI=1S/C23H33N3O2.ClH/c27-21(7-6-19-4-2-1-3-5-19)25-14-8-20(9-15-25)22(28)26-16-11-23(12-17-26)10-13-24-18-23;/h1-5,20,24H,6-18H2;1H. The second kappa shape index (κ2) is 9.94. The van der Waals surface area contributed by atoms with Crippen LogP contribution in [0.25, 0.3) is 0 Å². The van der Waals surface area contributed by atoms with Gasteiger partial charge in [-0.25, -0.2) is 0 Å². The van der Waals surface area contributed by atoms with Crippen molar-refractivity contribution in [1.82, 2.24) is 15.1 Å². The maximum absolute atomic E-state index is 13.0. The van der Waals surface area contributed by atoms with Gasteiger partial charge >= 0.3 is 0 Å². The number of hydrogen-bond acceptors (Lipinski definition) is 3. The number of nitrogens with zero attached hydrogens (tertiary/aromatic N) is 2. The number of amides is 2. The molecule has 0 atom stereocenters. The number of benzene rings is 1. The minimum Gasteiger partial charge on any atom is -0.343 e. The molecule has 1 aromatic carbocycles. The van der Waals surface area contributed by atoms with Crippen LogP contribution in [0.2, 0.25) is 0 Å². The van der Waals surface area contributed by atoms with Gasteiger partial charge < -0.3 is 15.1 Å². The van der Waals surface area contributed by atoms with Crippen molar-refractivity contribution in [1.29, 1.82) is 0 Å². The third-order valence-electron chi connectivity index (χ3n) is 7.14. The van der Waals surface area contributed by atoms with Gasteiger partial charge in [-0.2, -0.15) is 0 Å². The largest absolute Gasteiger partial charge is 0.343 e. The number of likely N-dealkylation sites (tertiary alicyclic amines) is 2. The van der Waals surface area contributed by atoms with E-state index in [-0.39, 0.29) is 24.2 Å². The Bertz CT molecular complexity index is 673. The van der Waals surface area contributed by atoms with Crippen LogP contribution in [0.5, 0.6) is 0 Å². The van der Waals surface area contributed by atoms with E-state index in [9.17, 15) is 9.59 Å². The van der Waals surface area contributed by atoms with E-state index in [2.05, 4.69) is 22.3 Å². The van der Waals surface area contributed by atoms with Crippen LogP contribution >= 0.6 is 12.4 Å². The Morgan fingerprint density at radius 3 is 2.28 bits per heavy atom. The van der Waals surface area contributed by atoms with Gasteiger partial charge in [0.05, 0.1) is 0 Å². The van der Waals surface area contributed by atoms with E-state index >= 15 is 0 Å². The zero-order valence-electron chi connectivity index (χ0n) is 17.3. The Kier molecular flexibility index (Phi) is 7.58. The number of piperidine rings is 2. The summed E-state index contributed by atoms with van der Waals surface area (Å²) in [5.41, 5.74) is 1.66. The molecule has 2 amide bonds. The van der Waals surface area contributed by atoms with Crippen molar-refractivity contribution in [3.05, 3.63) is 35.9 Å². The van der Waals surface area contributed by atoms with E-state index in [0.29, 0.717) is 17.7 Å². The Balaban J connectivity index is 0.00000240. The van der Waals surface area contributed by atoms with Crippen LogP contribution < -0.4 is 5.32 Å². The SMILES string of the molecule is Cl.O=C(CCc1ccccc1)N1CCC(C(=O)N2CCC3(CCNC3)CC2)CC1. The Morgan fingerprint density at radius 1 is 0.966 bits per heavy atom. The lowest BCUT2D eigenvalue weighted by atomic mass is 9.77. The third kappa shape index (κ3) is 5.32. The Labute approximate surface area is 180 Å². The number of hydrogen-bond donors (Lipinski definition) is 1. The number of carbonyl (C=O) groups is 2. The number of halogens is 1. The molecular formula is C23H34ClN3O2. The van der Waals surface area contributed by atoms with E-state index in [1.807, 2.05) is 23.1 Å². The quantitative estimate of drug-likeness (QED) is 0.816. The van der Waals surface area contributed by atoms with Crippen molar-refractivity contribution in [2.45, 2.75) is 44.9 Å².